The van der Waals surface area contributed by atoms with Gasteiger partial charge in [-0.3, -0.25) is 4.79 Å². The summed E-state index contributed by atoms with van der Waals surface area (Å²) in [5.41, 5.74) is 1.80. The van der Waals surface area contributed by atoms with Crippen molar-refractivity contribution in [3.63, 3.8) is 0 Å². The molecule has 0 bridgehead atoms. The van der Waals surface area contributed by atoms with E-state index < -0.39 is 0 Å². The van der Waals surface area contributed by atoms with E-state index in [-0.39, 0.29) is 11.8 Å². The molecule has 1 rings (SSSR count). The minimum absolute atomic E-state index is 0.000279. The summed E-state index contributed by atoms with van der Waals surface area (Å²) in [6, 6.07) is 7.58. The highest BCUT2D eigenvalue weighted by atomic mass is 35.5. The smallest absolute Gasteiger partial charge is 0.241 e. The van der Waals surface area contributed by atoms with Gasteiger partial charge in [0.1, 0.15) is 5.88 Å². The molecule has 0 unspecified atom stereocenters. The second-order valence-electron chi connectivity index (χ2n) is 2.89. The number of rotatable bonds is 3. The molecule has 76 valence electrons. The number of nitrogens with one attached hydrogen (secondary N) is 1. The van der Waals surface area contributed by atoms with Crippen molar-refractivity contribution in [1.29, 1.82) is 0 Å². The first-order chi connectivity index (χ1) is 6.69. The van der Waals surface area contributed by atoms with Gasteiger partial charge >= 0.3 is 0 Å². The summed E-state index contributed by atoms with van der Waals surface area (Å²) in [7, 11) is 3.54. The van der Waals surface area contributed by atoms with E-state index in [2.05, 4.69) is 5.32 Å². The third-order valence-electron chi connectivity index (χ3n) is 2.01. The van der Waals surface area contributed by atoms with Gasteiger partial charge in [-0.25, -0.2) is 0 Å². The minimum Gasteiger partial charge on any atom is -0.388 e. The van der Waals surface area contributed by atoms with Crippen LogP contribution < -0.4 is 10.2 Å². The third kappa shape index (κ3) is 2.39. The molecule has 0 fully saturated rings. The highest BCUT2D eigenvalue weighted by Gasteiger charge is 2.08. The molecule has 14 heavy (non-hydrogen) atoms. The lowest BCUT2D eigenvalue weighted by Gasteiger charge is -2.16. The molecule has 0 aliphatic rings. The second kappa shape index (κ2) is 4.86. The van der Waals surface area contributed by atoms with E-state index >= 15 is 0 Å². The lowest BCUT2D eigenvalue weighted by Crippen LogP contribution is -2.27. The van der Waals surface area contributed by atoms with Crippen molar-refractivity contribution in [3.05, 3.63) is 24.3 Å². The van der Waals surface area contributed by atoms with Crippen LogP contribution in [0.2, 0.25) is 0 Å². The summed E-state index contributed by atoms with van der Waals surface area (Å²) in [5, 5.41) is 3.01. The van der Waals surface area contributed by atoms with E-state index in [1.165, 1.54) is 4.90 Å². The van der Waals surface area contributed by atoms with Crippen molar-refractivity contribution in [3.8, 4) is 0 Å². The molecule has 0 spiro atoms. The van der Waals surface area contributed by atoms with Crippen LogP contribution in [-0.4, -0.2) is 25.9 Å². The van der Waals surface area contributed by atoms with Gasteiger partial charge in [-0.15, -0.1) is 11.6 Å². The predicted octanol–water partition coefficient (Wildman–Crippen LogP) is 1.93. The topological polar surface area (TPSA) is 32.3 Å². The van der Waals surface area contributed by atoms with Crippen molar-refractivity contribution in [2.24, 2.45) is 0 Å². The fourth-order valence-corrected chi connectivity index (χ4v) is 1.28. The Bertz CT molecular complexity index is 328. The molecule has 3 nitrogen and oxygen atoms in total. The quantitative estimate of drug-likeness (QED) is 0.777. The Balaban J connectivity index is 2.89. The number of anilines is 2. The van der Waals surface area contributed by atoms with Crippen LogP contribution in [0.5, 0.6) is 0 Å². The van der Waals surface area contributed by atoms with Crippen LogP contribution in [0.4, 0.5) is 11.4 Å². The van der Waals surface area contributed by atoms with Gasteiger partial charge < -0.3 is 10.2 Å². The van der Waals surface area contributed by atoms with E-state index in [0.29, 0.717) is 0 Å². The Morgan fingerprint density at radius 1 is 1.57 bits per heavy atom. The van der Waals surface area contributed by atoms with E-state index in [0.717, 1.165) is 11.4 Å². The maximum Gasteiger partial charge on any atom is 0.241 e. The van der Waals surface area contributed by atoms with Crippen molar-refractivity contribution in [2.75, 3.05) is 30.2 Å². The molecule has 4 heteroatoms. The number of alkyl halides is 1. The van der Waals surface area contributed by atoms with Crippen molar-refractivity contribution in [1.82, 2.24) is 0 Å². The van der Waals surface area contributed by atoms with Gasteiger partial charge in [0.25, 0.3) is 0 Å². The average molecular weight is 213 g/mol. The largest absolute Gasteiger partial charge is 0.388 e. The lowest BCUT2D eigenvalue weighted by atomic mass is 10.2. The summed E-state index contributed by atoms with van der Waals surface area (Å²) < 4.78 is 0. The summed E-state index contributed by atoms with van der Waals surface area (Å²) >= 11 is 5.46. The first kappa shape index (κ1) is 10.9. The van der Waals surface area contributed by atoms with Gasteiger partial charge in [0.2, 0.25) is 5.91 Å². The summed E-state index contributed by atoms with van der Waals surface area (Å²) in [4.78, 5) is 12.8. The van der Waals surface area contributed by atoms with Crippen LogP contribution in [0.1, 0.15) is 0 Å². The van der Waals surface area contributed by atoms with E-state index in [1.54, 1.807) is 7.05 Å². The fraction of sp³-hybridized carbons (Fsp3) is 0.300. The van der Waals surface area contributed by atoms with E-state index in [4.69, 9.17) is 11.6 Å². The normalized spacial score (nSPS) is 9.64. The minimum atomic E-state index is -0.111. The zero-order chi connectivity index (χ0) is 10.6. The molecule has 0 aromatic heterocycles. The van der Waals surface area contributed by atoms with Crippen molar-refractivity contribution in [2.45, 2.75) is 0 Å². The number of nitrogens with zero attached hydrogens (tertiary/aromatic N) is 1. The van der Waals surface area contributed by atoms with Crippen LogP contribution in [-0.2, 0) is 4.79 Å². The SMILES string of the molecule is CNc1cccc(N(C)C(=O)CCl)c1. The van der Waals surface area contributed by atoms with Crippen LogP contribution in [0, 0.1) is 0 Å². The molecule has 1 aromatic rings. The van der Waals surface area contributed by atoms with Gasteiger partial charge in [0.15, 0.2) is 0 Å². The van der Waals surface area contributed by atoms with Gasteiger partial charge in [-0.2, -0.15) is 0 Å². The molecule has 0 saturated carbocycles. The Morgan fingerprint density at radius 2 is 2.29 bits per heavy atom. The van der Waals surface area contributed by atoms with Gasteiger partial charge in [0.05, 0.1) is 0 Å². The molecule has 1 amide bonds. The highest BCUT2D eigenvalue weighted by Crippen LogP contribution is 2.18. The van der Waals surface area contributed by atoms with E-state index in [1.807, 2.05) is 31.3 Å². The molecule has 0 aliphatic heterocycles. The van der Waals surface area contributed by atoms with Gasteiger partial charge in [-0.05, 0) is 18.2 Å². The average Bonchev–Trinajstić information content (AvgIpc) is 2.27. The monoisotopic (exact) mass is 212 g/mol. The molecular weight excluding hydrogens is 200 g/mol. The summed E-state index contributed by atoms with van der Waals surface area (Å²) in [6.45, 7) is 0. The first-order valence-corrected chi connectivity index (χ1v) is 4.83. The number of hydrogen-bond acceptors (Lipinski definition) is 2. The number of hydrogen-bond donors (Lipinski definition) is 1. The third-order valence-corrected chi connectivity index (χ3v) is 2.24. The molecular formula is C10H13ClN2O. The van der Waals surface area contributed by atoms with Crippen molar-refractivity contribution >= 4 is 28.9 Å². The van der Waals surface area contributed by atoms with Crippen LogP contribution in [0.3, 0.4) is 0 Å². The van der Waals surface area contributed by atoms with Gasteiger partial charge in [-0.1, -0.05) is 6.07 Å². The fourth-order valence-electron chi connectivity index (χ4n) is 1.10. The Hall–Kier alpha value is -1.22. The standard InChI is InChI=1S/C10H13ClN2O/c1-12-8-4-3-5-9(6-8)13(2)10(14)7-11/h3-6,12H,7H2,1-2H3. The Labute approximate surface area is 88.7 Å². The number of halogens is 1. The second-order valence-corrected chi connectivity index (χ2v) is 3.15. The maximum atomic E-state index is 11.3. The zero-order valence-corrected chi connectivity index (χ0v) is 9.01. The highest BCUT2D eigenvalue weighted by molar-refractivity contribution is 6.29. The summed E-state index contributed by atoms with van der Waals surface area (Å²) in [6.07, 6.45) is 0. The lowest BCUT2D eigenvalue weighted by molar-refractivity contribution is -0.116. The summed E-state index contributed by atoms with van der Waals surface area (Å²) in [5.74, 6) is -0.111. The van der Waals surface area contributed by atoms with Crippen molar-refractivity contribution < 1.29 is 4.79 Å². The molecule has 0 atom stereocenters. The number of carbonyl (C=O) groups is 1. The van der Waals surface area contributed by atoms with E-state index in [9.17, 15) is 4.79 Å². The van der Waals surface area contributed by atoms with Crippen LogP contribution >= 0.6 is 11.6 Å². The molecule has 1 N–H and O–H groups in total. The zero-order valence-electron chi connectivity index (χ0n) is 8.25. The first-order valence-electron chi connectivity index (χ1n) is 4.29. The molecule has 0 heterocycles. The molecule has 0 radical (unpaired) electrons. The van der Waals surface area contributed by atoms with Crippen LogP contribution in [0.15, 0.2) is 24.3 Å². The molecule has 0 aliphatic carbocycles. The number of carbonyl (C=O) groups excluding carboxylic acids is 1. The molecule has 1 aromatic carbocycles. The Kier molecular flexibility index (Phi) is 3.77. The number of amides is 1. The predicted molar refractivity (Wildman–Crippen MR) is 60.1 cm³/mol. The Morgan fingerprint density at radius 3 is 2.86 bits per heavy atom. The van der Waals surface area contributed by atoms with Crippen LogP contribution in [0.25, 0.3) is 0 Å². The van der Waals surface area contributed by atoms with Gasteiger partial charge in [0, 0.05) is 25.5 Å². The maximum absolute atomic E-state index is 11.3. The number of benzene rings is 1. The molecule has 0 saturated heterocycles.